The molecule has 0 radical (unpaired) electrons. The van der Waals surface area contributed by atoms with Gasteiger partial charge in [0.25, 0.3) is 0 Å². The van der Waals surface area contributed by atoms with Gasteiger partial charge in [0.15, 0.2) is 5.16 Å². The van der Waals surface area contributed by atoms with Crippen LogP contribution in [0.25, 0.3) is 11.0 Å². The van der Waals surface area contributed by atoms with Gasteiger partial charge in [-0.25, -0.2) is 4.98 Å². The number of rotatable bonds is 8. The van der Waals surface area contributed by atoms with Gasteiger partial charge in [0.1, 0.15) is 5.75 Å². The monoisotopic (exact) mass is 294 g/mol. The van der Waals surface area contributed by atoms with E-state index in [0.717, 1.165) is 34.1 Å². The van der Waals surface area contributed by atoms with Gasteiger partial charge in [0, 0.05) is 18.2 Å². The molecule has 0 saturated heterocycles. The van der Waals surface area contributed by atoms with Crippen LogP contribution in [0.15, 0.2) is 23.4 Å². The number of nitrogens with zero attached hydrogens (tertiary/aromatic N) is 1. The highest BCUT2D eigenvalue weighted by Crippen LogP contribution is 2.23. The Morgan fingerprint density at radius 2 is 2.30 bits per heavy atom. The van der Waals surface area contributed by atoms with Crippen molar-refractivity contribution in [2.45, 2.75) is 31.3 Å². The third kappa shape index (κ3) is 4.16. The predicted molar refractivity (Wildman–Crippen MR) is 79.5 cm³/mol. The summed E-state index contributed by atoms with van der Waals surface area (Å²) < 4.78 is 5.45. The Morgan fingerprint density at radius 1 is 1.45 bits per heavy atom. The van der Waals surface area contributed by atoms with Crippen molar-refractivity contribution in [3.63, 3.8) is 0 Å². The minimum absolute atomic E-state index is 0.235. The highest BCUT2D eigenvalue weighted by molar-refractivity contribution is 7.99. The van der Waals surface area contributed by atoms with Gasteiger partial charge in [0.05, 0.1) is 17.6 Å². The highest BCUT2D eigenvalue weighted by Gasteiger charge is 2.05. The quantitative estimate of drug-likeness (QED) is 0.577. The number of carboxylic acids is 1. The first kappa shape index (κ1) is 14.7. The molecule has 20 heavy (non-hydrogen) atoms. The van der Waals surface area contributed by atoms with Crippen molar-refractivity contribution in [2.24, 2.45) is 0 Å². The van der Waals surface area contributed by atoms with Gasteiger partial charge in [-0.15, -0.1) is 0 Å². The molecule has 1 aromatic heterocycles. The molecule has 2 N–H and O–H groups in total. The SMILES string of the molecule is CCOc1ccc2nc(SCCCCC(=O)O)[nH]c2c1. The second kappa shape index (κ2) is 7.19. The summed E-state index contributed by atoms with van der Waals surface area (Å²) in [6, 6.07) is 5.79. The topological polar surface area (TPSA) is 75.2 Å². The summed E-state index contributed by atoms with van der Waals surface area (Å²) in [5.41, 5.74) is 1.88. The standard InChI is InChI=1S/C14H18N2O3S/c1-2-19-10-6-7-11-12(9-10)16-14(15-11)20-8-4-3-5-13(17)18/h6-7,9H,2-5,8H2,1H3,(H,15,16)(H,17,18). The number of carbonyl (C=O) groups is 1. The van der Waals surface area contributed by atoms with Crippen LogP contribution in [0.2, 0.25) is 0 Å². The molecule has 1 heterocycles. The van der Waals surface area contributed by atoms with Crippen LogP contribution in [0.4, 0.5) is 0 Å². The number of hydrogen-bond donors (Lipinski definition) is 2. The minimum atomic E-state index is -0.734. The maximum Gasteiger partial charge on any atom is 0.303 e. The molecule has 2 rings (SSSR count). The molecule has 0 bridgehead atoms. The minimum Gasteiger partial charge on any atom is -0.494 e. The first-order chi connectivity index (χ1) is 9.69. The summed E-state index contributed by atoms with van der Waals surface area (Å²) in [6.07, 6.45) is 1.81. The highest BCUT2D eigenvalue weighted by atomic mass is 32.2. The van der Waals surface area contributed by atoms with Gasteiger partial charge in [-0.3, -0.25) is 4.79 Å². The van der Waals surface area contributed by atoms with Crippen molar-refractivity contribution in [2.75, 3.05) is 12.4 Å². The Bertz CT molecular complexity index is 583. The van der Waals surface area contributed by atoms with Crippen LogP contribution < -0.4 is 4.74 Å². The number of hydrogen-bond acceptors (Lipinski definition) is 4. The molecular formula is C14H18N2O3S. The zero-order valence-corrected chi connectivity index (χ0v) is 12.2. The second-order valence-electron chi connectivity index (χ2n) is 4.35. The molecule has 0 atom stereocenters. The van der Waals surface area contributed by atoms with Gasteiger partial charge >= 0.3 is 5.97 Å². The molecule has 0 amide bonds. The molecule has 0 spiro atoms. The zero-order chi connectivity index (χ0) is 14.4. The maximum absolute atomic E-state index is 10.4. The van der Waals surface area contributed by atoms with Gasteiger partial charge in [-0.2, -0.15) is 0 Å². The maximum atomic E-state index is 10.4. The fraction of sp³-hybridized carbons (Fsp3) is 0.429. The smallest absolute Gasteiger partial charge is 0.303 e. The Labute approximate surface area is 121 Å². The second-order valence-corrected chi connectivity index (χ2v) is 5.44. The number of unbranched alkanes of at least 4 members (excludes halogenated alkanes) is 1. The fourth-order valence-corrected chi connectivity index (χ4v) is 2.72. The number of carboxylic acid groups (broad SMARTS) is 1. The summed E-state index contributed by atoms with van der Waals surface area (Å²) in [7, 11) is 0. The van der Waals surface area contributed by atoms with E-state index in [0.29, 0.717) is 13.0 Å². The lowest BCUT2D eigenvalue weighted by molar-refractivity contribution is -0.137. The molecule has 108 valence electrons. The van der Waals surface area contributed by atoms with Crippen molar-refractivity contribution < 1.29 is 14.6 Å². The van der Waals surface area contributed by atoms with Crippen LogP contribution >= 0.6 is 11.8 Å². The lowest BCUT2D eigenvalue weighted by Gasteiger charge is -2.00. The fourth-order valence-electron chi connectivity index (χ4n) is 1.84. The van der Waals surface area contributed by atoms with Crippen molar-refractivity contribution in [3.8, 4) is 5.75 Å². The average molecular weight is 294 g/mol. The molecule has 0 unspecified atom stereocenters. The first-order valence-electron chi connectivity index (χ1n) is 6.66. The average Bonchev–Trinajstić information content (AvgIpc) is 2.80. The largest absolute Gasteiger partial charge is 0.494 e. The molecule has 1 aromatic carbocycles. The molecule has 2 aromatic rings. The van der Waals surface area contributed by atoms with Crippen LogP contribution in [-0.2, 0) is 4.79 Å². The number of imidazole rings is 1. The number of thioether (sulfide) groups is 1. The number of benzene rings is 1. The summed E-state index contributed by atoms with van der Waals surface area (Å²) in [5, 5.41) is 9.42. The molecule has 0 saturated carbocycles. The molecular weight excluding hydrogens is 276 g/mol. The van der Waals surface area contributed by atoms with E-state index in [9.17, 15) is 4.79 Å². The zero-order valence-electron chi connectivity index (χ0n) is 11.4. The van der Waals surface area contributed by atoms with E-state index >= 15 is 0 Å². The number of nitrogens with one attached hydrogen (secondary N) is 1. The van der Waals surface area contributed by atoms with Crippen LogP contribution in [-0.4, -0.2) is 33.4 Å². The molecule has 0 aliphatic rings. The van der Waals surface area contributed by atoms with Crippen molar-refractivity contribution in [1.82, 2.24) is 9.97 Å². The van der Waals surface area contributed by atoms with Gasteiger partial charge < -0.3 is 14.8 Å². The van der Waals surface area contributed by atoms with Gasteiger partial charge in [-0.1, -0.05) is 11.8 Å². The normalized spacial score (nSPS) is 10.8. The van der Waals surface area contributed by atoms with E-state index in [4.69, 9.17) is 9.84 Å². The van der Waals surface area contributed by atoms with Gasteiger partial charge in [-0.05, 0) is 31.9 Å². The summed E-state index contributed by atoms with van der Waals surface area (Å²) in [6.45, 7) is 2.60. The number of fused-ring (bicyclic) bond motifs is 1. The summed E-state index contributed by atoms with van der Waals surface area (Å²) in [4.78, 5) is 18.1. The Hall–Kier alpha value is -1.69. The number of H-pyrrole nitrogens is 1. The van der Waals surface area contributed by atoms with E-state index in [2.05, 4.69) is 9.97 Å². The molecule has 0 fully saturated rings. The van der Waals surface area contributed by atoms with Crippen molar-refractivity contribution >= 4 is 28.8 Å². The number of aliphatic carboxylic acids is 1. The third-order valence-corrected chi connectivity index (χ3v) is 3.73. The Kier molecular flexibility index (Phi) is 5.29. The molecule has 0 aliphatic carbocycles. The Morgan fingerprint density at radius 3 is 3.05 bits per heavy atom. The third-order valence-electron chi connectivity index (χ3n) is 2.77. The number of aromatic nitrogens is 2. The van der Waals surface area contributed by atoms with Crippen LogP contribution in [0.1, 0.15) is 26.2 Å². The van der Waals surface area contributed by atoms with E-state index in [-0.39, 0.29) is 6.42 Å². The molecule has 6 heteroatoms. The predicted octanol–water partition coefficient (Wildman–Crippen LogP) is 3.31. The van der Waals surface area contributed by atoms with Crippen molar-refractivity contribution in [3.05, 3.63) is 18.2 Å². The van der Waals surface area contributed by atoms with Crippen molar-refractivity contribution in [1.29, 1.82) is 0 Å². The molecule has 5 nitrogen and oxygen atoms in total. The summed E-state index contributed by atoms with van der Waals surface area (Å²) >= 11 is 1.62. The lowest BCUT2D eigenvalue weighted by atomic mass is 10.3. The van der Waals surface area contributed by atoms with E-state index in [1.165, 1.54) is 0 Å². The van der Waals surface area contributed by atoms with E-state index < -0.39 is 5.97 Å². The van der Waals surface area contributed by atoms with E-state index in [1.807, 2.05) is 25.1 Å². The molecule has 0 aliphatic heterocycles. The lowest BCUT2D eigenvalue weighted by Crippen LogP contribution is -1.94. The van der Waals surface area contributed by atoms with Crippen LogP contribution in [0.5, 0.6) is 5.75 Å². The van der Waals surface area contributed by atoms with E-state index in [1.54, 1.807) is 11.8 Å². The Balaban J connectivity index is 1.89. The first-order valence-corrected chi connectivity index (χ1v) is 7.64. The van der Waals surface area contributed by atoms with Crippen LogP contribution in [0.3, 0.4) is 0 Å². The number of aromatic amines is 1. The summed E-state index contributed by atoms with van der Waals surface area (Å²) in [5.74, 6) is 0.967. The van der Waals surface area contributed by atoms with Crippen LogP contribution in [0, 0.1) is 0 Å². The van der Waals surface area contributed by atoms with Gasteiger partial charge in [0.2, 0.25) is 0 Å². The number of ether oxygens (including phenoxy) is 1.